The second-order valence-corrected chi connectivity index (χ2v) is 5.72. The number of benzene rings is 1. The van der Waals surface area contributed by atoms with Gasteiger partial charge in [0, 0.05) is 32.3 Å². The Balaban J connectivity index is 1.82. The van der Waals surface area contributed by atoms with Crippen LogP contribution >= 0.6 is 0 Å². The summed E-state index contributed by atoms with van der Waals surface area (Å²) >= 11 is 0. The number of aliphatic hydroxyl groups is 1. The van der Waals surface area contributed by atoms with Crippen LogP contribution in [-0.4, -0.2) is 54.5 Å². The van der Waals surface area contributed by atoms with Crippen molar-refractivity contribution >= 4 is 0 Å². The lowest BCUT2D eigenvalue weighted by Gasteiger charge is -2.27. The van der Waals surface area contributed by atoms with E-state index in [2.05, 4.69) is 24.0 Å². The van der Waals surface area contributed by atoms with Gasteiger partial charge in [-0.05, 0) is 25.3 Å². The van der Waals surface area contributed by atoms with Crippen LogP contribution in [0.2, 0.25) is 0 Å². The summed E-state index contributed by atoms with van der Waals surface area (Å²) in [5.41, 5.74) is 7.31. The second-order valence-electron chi connectivity index (χ2n) is 5.72. The molecule has 1 heterocycles. The molecule has 1 aromatic rings. The SMILES string of the molecule is CC1CN(CC(O)C(N)Cc2ccccc2)CCCO1. The second kappa shape index (κ2) is 7.74. The van der Waals surface area contributed by atoms with Crippen molar-refractivity contribution in [3.8, 4) is 0 Å². The molecule has 4 heteroatoms. The number of ether oxygens (including phenoxy) is 1. The van der Waals surface area contributed by atoms with E-state index in [1.54, 1.807) is 0 Å². The van der Waals surface area contributed by atoms with E-state index in [1.807, 2.05) is 18.2 Å². The molecule has 1 saturated heterocycles. The Morgan fingerprint density at radius 3 is 2.90 bits per heavy atom. The smallest absolute Gasteiger partial charge is 0.0820 e. The first-order valence-corrected chi connectivity index (χ1v) is 7.46. The number of hydrogen-bond acceptors (Lipinski definition) is 4. The van der Waals surface area contributed by atoms with Crippen LogP contribution in [0.3, 0.4) is 0 Å². The van der Waals surface area contributed by atoms with Crippen LogP contribution in [0.1, 0.15) is 18.9 Å². The van der Waals surface area contributed by atoms with E-state index in [4.69, 9.17) is 10.5 Å². The average Bonchev–Trinajstić information content (AvgIpc) is 2.64. The van der Waals surface area contributed by atoms with Crippen molar-refractivity contribution in [2.75, 3.05) is 26.2 Å². The molecule has 0 saturated carbocycles. The molecule has 0 spiro atoms. The molecular weight excluding hydrogens is 252 g/mol. The summed E-state index contributed by atoms with van der Waals surface area (Å²) in [6, 6.07) is 9.87. The molecule has 1 aromatic carbocycles. The zero-order chi connectivity index (χ0) is 14.4. The van der Waals surface area contributed by atoms with Crippen molar-refractivity contribution in [3.63, 3.8) is 0 Å². The maximum atomic E-state index is 10.3. The first kappa shape index (κ1) is 15.4. The van der Waals surface area contributed by atoms with Gasteiger partial charge in [0.1, 0.15) is 0 Å². The Hall–Kier alpha value is -0.940. The van der Waals surface area contributed by atoms with Crippen LogP contribution in [0.25, 0.3) is 0 Å². The molecule has 3 unspecified atom stereocenters. The van der Waals surface area contributed by atoms with Crippen molar-refractivity contribution in [2.24, 2.45) is 5.73 Å². The zero-order valence-electron chi connectivity index (χ0n) is 12.2. The third-order valence-corrected chi connectivity index (χ3v) is 3.79. The molecule has 0 amide bonds. The molecule has 20 heavy (non-hydrogen) atoms. The summed E-state index contributed by atoms with van der Waals surface area (Å²) in [5, 5.41) is 10.3. The maximum Gasteiger partial charge on any atom is 0.0820 e. The van der Waals surface area contributed by atoms with Crippen LogP contribution in [0.15, 0.2) is 30.3 Å². The number of nitrogens with zero attached hydrogens (tertiary/aromatic N) is 1. The fourth-order valence-electron chi connectivity index (χ4n) is 2.67. The van der Waals surface area contributed by atoms with Gasteiger partial charge < -0.3 is 15.6 Å². The van der Waals surface area contributed by atoms with E-state index >= 15 is 0 Å². The molecule has 0 bridgehead atoms. The monoisotopic (exact) mass is 278 g/mol. The summed E-state index contributed by atoms with van der Waals surface area (Å²) in [4.78, 5) is 2.26. The van der Waals surface area contributed by atoms with Crippen molar-refractivity contribution in [3.05, 3.63) is 35.9 Å². The van der Waals surface area contributed by atoms with Crippen LogP contribution < -0.4 is 5.73 Å². The predicted molar refractivity (Wildman–Crippen MR) is 80.6 cm³/mol. The number of rotatable bonds is 5. The number of aliphatic hydroxyl groups excluding tert-OH is 1. The van der Waals surface area contributed by atoms with Crippen molar-refractivity contribution in [1.29, 1.82) is 0 Å². The Kier molecular flexibility index (Phi) is 5.98. The van der Waals surface area contributed by atoms with Crippen LogP contribution in [-0.2, 0) is 11.2 Å². The maximum absolute atomic E-state index is 10.3. The molecule has 3 atom stereocenters. The van der Waals surface area contributed by atoms with Gasteiger partial charge in [-0.25, -0.2) is 0 Å². The molecular formula is C16H26N2O2. The Morgan fingerprint density at radius 1 is 1.40 bits per heavy atom. The van der Waals surface area contributed by atoms with Gasteiger partial charge in [0.05, 0.1) is 12.2 Å². The van der Waals surface area contributed by atoms with Crippen LogP contribution in [0, 0.1) is 0 Å². The van der Waals surface area contributed by atoms with E-state index in [-0.39, 0.29) is 12.1 Å². The molecule has 1 aliphatic rings. The molecule has 0 aliphatic carbocycles. The third kappa shape index (κ3) is 4.87. The van der Waals surface area contributed by atoms with Crippen molar-refractivity contribution < 1.29 is 9.84 Å². The van der Waals surface area contributed by atoms with Gasteiger partial charge >= 0.3 is 0 Å². The molecule has 0 radical (unpaired) electrons. The van der Waals surface area contributed by atoms with Gasteiger partial charge in [0.2, 0.25) is 0 Å². The van der Waals surface area contributed by atoms with Gasteiger partial charge in [0.25, 0.3) is 0 Å². The highest BCUT2D eigenvalue weighted by molar-refractivity contribution is 5.16. The van der Waals surface area contributed by atoms with Gasteiger partial charge in [-0.3, -0.25) is 4.90 Å². The van der Waals surface area contributed by atoms with Gasteiger partial charge in [-0.1, -0.05) is 30.3 Å². The normalized spacial score (nSPS) is 24.1. The molecule has 3 N–H and O–H groups in total. The highest BCUT2D eigenvalue weighted by atomic mass is 16.5. The first-order chi connectivity index (χ1) is 9.65. The summed E-state index contributed by atoms with van der Waals surface area (Å²) in [5.74, 6) is 0. The van der Waals surface area contributed by atoms with E-state index in [0.717, 1.165) is 26.1 Å². The van der Waals surface area contributed by atoms with Gasteiger partial charge in [-0.15, -0.1) is 0 Å². The highest BCUT2D eigenvalue weighted by Gasteiger charge is 2.21. The Morgan fingerprint density at radius 2 is 2.15 bits per heavy atom. The number of hydrogen-bond donors (Lipinski definition) is 2. The standard InChI is InChI=1S/C16H26N2O2/c1-13-11-18(8-5-9-20-13)12-16(19)15(17)10-14-6-3-2-4-7-14/h2-4,6-7,13,15-16,19H,5,8-12,17H2,1H3. The van der Waals surface area contributed by atoms with Gasteiger partial charge in [0.15, 0.2) is 0 Å². The highest BCUT2D eigenvalue weighted by Crippen LogP contribution is 2.09. The Bertz CT molecular complexity index is 385. The van der Waals surface area contributed by atoms with Crippen molar-refractivity contribution in [1.82, 2.24) is 4.90 Å². The van der Waals surface area contributed by atoms with Crippen LogP contribution in [0.5, 0.6) is 0 Å². The lowest BCUT2D eigenvalue weighted by Crippen LogP contribution is -2.46. The topological polar surface area (TPSA) is 58.7 Å². The van der Waals surface area contributed by atoms with Gasteiger partial charge in [-0.2, -0.15) is 0 Å². The first-order valence-electron chi connectivity index (χ1n) is 7.46. The van der Waals surface area contributed by atoms with E-state index < -0.39 is 6.10 Å². The van der Waals surface area contributed by atoms with E-state index in [9.17, 15) is 5.11 Å². The fraction of sp³-hybridized carbons (Fsp3) is 0.625. The van der Waals surface area contributed by atoms with Crippen LogP contribution in [0.4, 0.5) is 0 Å². The lowest BCUT2D eigenvalue weighted by atomic mass is 10.0. The summed E-state index contributed by atoms with van der Waals surface area (Å²) in [7, 11) is 0. The minimum Gasteiger partial charge on any atom is -0.390 e. The quantitative estimate of drug-likeness (QED) is 0.844. The zero-order valence-corrected chi connectivity index (χ0v) is 12.2. The van der Waals surface area contributed by atoms with E-state index in [0.29, 0.717) is 13.0 Å². The number of nitrogens with two attached hydrogens (primary N) is 1. The Labute approximate surface area is 121 Å². The molecule has 1 fully saturated rings. The number of β-amino-alcohol motifs (C(OH)–C–C–N with tert-alkyl or cyclic N) is 1. The lowest BCUT2D eigenvalue weighted by molar-refractivity contribution is 0.0514. The molecule has 2 rings (SSSR count). The average molecular weight is 278 g/mol. The minimum absolute atomic E-state index is 0.225. The fourth-order valence-corrected chi connectivity index (χ4v) is 2.67. The summed E-state index contributed by atoms with van der Waals surface area (Å²) < 4.78 is 5.62. The molecule has 4 nitrogen and oxygen atoms in total. The third-order valence-electron chi connectivity index (χ3n) is 3.79. The predicted octanol–water partition coefficient (Wildman–Crippen LogP) is 1.03. The molecule has 0 aromatic heterocycles. The summed E-state index contributed by atoms with van der Waals surface area (Å²) in [6.07, 6.45) is 1.46. The molecule has 1 aliphatic heterocycles. The minimum atomic E-state index is -0.500. The largest absolute Gasteiger partial charge is 0.390 e. The molecule has 112 valence electrons. The van der Waals surface area contributed by atoms with E-state index in [1.165, 1.54) is 5.56 Å². The summed E-state index contributed by atoms with van der Waals surface area (Å²) in [6.45, 7) is 5.36. The van der Waals surface area contributed by atoms with Crippen molar-refractivity contribution in [2.45, 2.75) is 38.0 Å².